The zero-order valence-corrected chi connectivity index (χ0v) is 14.1. The third kappa shape index (κ3) is 4.37. The van der Waals surface area contributed by atoms with Gasteiger partial charge in [-0.15, -0.1) is 0 Å². The number of phenols is 2. The quantitative estimate of drug-likeness (QED) is 0.439. The number of benzene rings is 2. The van der Waals surface area contributed by atoms with E-state index in [-0.39, 0.29) is 11.5 Å². The van der Waals surface area contributed by atoms with Gasteiger partial charge in [0.25, 0.3) is 0 Å². The molecular weight excluding hydrogens is 327 g/mol. The number of aryl methyl sites for hydroxylation is 2. The van der Waals surface area contributed by atoms with E-state index in [1.54, 1.807) is 38.1 Å². The molecule has 2 N–H and O–H groups in total. The molecule has 7 heteroatoms. The first kappa shape index (κ1) is 16.1. The first-order chi connectivity index (χ1) is 9.77. The SMILES string of the molecule is Cc1cc(O[P+]([S-])(S)Oc2ccc(O)c(C)c2)ccc1O. The molecule has 0 unspecified atom stereocenters. The lowest BCUT2D eigenvalue weighted by atomic mass is 10.2. The maximum Gasteiger partial charge on any atom is 0.307 e. The van der Waals surface area contributed by atoms with Crippen molar-refractivity contribution in [2.45, 2.75) is 13.8 Å². The highest BCUT2D eigenvalue weighted by molar-refractivity contribution is 8.76. The second-order valence-electron chi connectivity index (χ2n) is 4.55. The van der Waals surface area contributed by atoms with E-state index >= 15 is 0 Å². The van der Waals surface area contributed by atoms with Crippen molar-refractivity contribution in [1.29, 1.82) is 0 Å². The number of thiol groups is 1. The summed E-state index contributed by atoms with van der Waals surface area (Å²) in [7, 11) is 0. The Labute approximate surface area is 134 Å². The Bertz CT molecular complexity index is 606. The van der Waals surface area contributed by atoms with Gasteiger partial charge >= 0.3 is 6.12 Å². The van der Waals surface area contributed by atoms with Crippen LogP contribution in [0.1, 0.15) is 11.1 Å². The number of hydrogen-bond donors (Lipinski definition) is 3. The molecule has 0 bridgehead atoms. The van der Waals surface area contributed by atoms with Crippen LogP contribution in [0.25, 0.3) is 0 Å². The zero-order chi connectivity index (χ0) is 15.6. The normalized spacial score (nSPS) is 11.2. The van der Waals surface area contributed by atoms with Crippen LogP contribution in [0.2, 0.25) is 0 Å². The fourth-order valence-electron chi connectivity index (χ4n) is 1.65. The summed E-state index contributed by atoms with van der Waals surface area (Å²) in [6, 6.07) is 9.59. The highest BCUT2D eigenvalue weighted by Gasteiger charge is 2.26. The van der Waals surface area contributed by atoms with Crippen LogP contribution >= 0.6 is 18.4 Å². The van der Waals surface area contributed by atoms with E-state index in [0.717, 1.165) is 0 Å². The number of hydrogen-bond acceptors (Lipinski definition) is 6. The Morgan fingerprint density at radius 1 is 0.905 bits per heavy atom. The molecule has 0 atom stereocenters. The van der Waals surface area contributed by atoms with Gasteiger partial charge in [0.2, 0.25) is 0 Å². The first-order valence-corrected chi connectivity index (χ1v) is 9.87. The van der Waals surface area contributed by atoms with Gasteiger partial charge in [-0.25, -0.2) is 0 Å². The summed E-state index contributed by atoms with van der Waals surface area (Å²) in [5.74, 6) is 1.34. The lowest BCUT2D eigenvalue weighted by molar-refractivity contribution is 0.465. The molecule has 0 saturated heterocycles. The standard InChI is InChI=1S/C14H15O4PS2/c1-9-7-11(3-5-13(9)15)17-19(20,21)18-12-4-6-14(16)10(2)8-12/h3-8,15-16H,1-2H3,(H,20,21). The topological polar surface area (TPSA) is 58.9 Å². The molecule has 2 aromatic carbocycles. The Kier molecular flexibility index (Phi) is 4.81. The third-order valence-corrected chi connectivity index (χ3v) is 4.60. The summed E-state index contributed by atoms with van der Waals surface area (Å²) >= 11 is 9.55. The minimum atomic E-state index is -2.84. The van der Waals surface area contributed by atoms with E-state index in [9.17, 15) is 10.2 Å². The molecule has 0 aliphatic heterocycles. The average Bonchev–Trinajstić information content (AvgIpc) is 2.37. The highest BCUT2D eigenvalue weighted by atomic mass is 33.1. The predicted molar refractivity (Wildman–Crippen MR) is 90.2 cm³/mol. The lowest BCUT2D eigenvalue weighted by Gasteiger charge is -2.23. The third-order valence-electron chi connectivity index (χ3n) is 2.78. The molecule has 0 aliphatic rings. The summed E-state index contributed by atoms with van der Waals surface area (Å²) in [5, 5.41) is 19.0. The van der Waals surface area contributed by atoms with Gasteiger partial charge < -0.3 is 31.5 Å². The Hall–Kier alpha value is -1.23. The van der Waals surface area contributed by atoms with Crippen molar-refractivity contribution in [3.05, 3.63) is 47.5 Å². The van der Waals surface area contributed by atoms with E-state index in [1.165, 1.54) is 12.1 Å². The maximum atomic E-state index is 9.49. The van der Waals surface area contributed by atoms with Crippen LogP contribution < -0.4 is 9.05 Å². The van der Waals surface area contributed by atoms with Crippen molar-refractivity contribution in [3.8, 4) is 23.0 Å². The summed E-state index contributed by atoms with van der Waals surface area (Å²) in [5.41, 5.74) is 1.35. The molecule has 21 heavy (non-hydrogen) atoms. The molecule has 2 rings (SSSR count). The van der Waals surface area contributed by atoms with Crippen molar-refractivity contribution < 1.29 is 19.3 Å². The average molecular weight is 342 g/mol. The Morgan fingerprint density at radius 2 is 1.29 bits per heavy atom. The minimum Gasteiger partial charge on any atom is -0.508 e. The molecule has 0 fully saturated rings. The van der Waals surface area contributed by atoms with Crippen molar-refractivity contribution >= 4 is 30.6 Å². The van der Waals surface area contributed by atoms with E-state index < -0.39 is 6.12 Å². The number of phenolic OH excluding ortho intramolecular Hbond substituents is 2. The number of rotatable bonds is 4. The maximum absolute atomic E-state index is 9.49. The van der Waals surface area contributed by atoms with Crippen molar-refractivity contribution in [1.82, 2.24) is 0 Å². The largest absolute Gasteiger partial charge is 0.508 e. The van der Waals surface area contributed by atoms with Gasteiger partial charge in [0.05, 0.1) is 12.2 Å². The molecule has 112 valence electrons. The molecule has 0 heterocycles. The minimum absolute atomic E-state index is 0.185. The summed E-state index contributed by atoms with van der Waals surface area (Å²) in [6.45, 7) is 3.52. The molecule has 0 spiro atoms. The highest BCUT2D eigenvalue weighted by Crippen LogP contribution is 2.62. The van der Waals surface area contributed by atoms with Gasteiger partial charge in [-0.05, 0) is 61.4 Å². The van der Waals surface area contributed by atoms with E-state index in [4.69, 9.17) is 21.3 Å². The van der Waals surface area contributed by atoms with Gasteiger partial charge in [0.1, 0.15) is 11.5 Å². The zero-order valence-electron chi connectivity index (χ0n) is 11.5. The van der Waals surface area contributed by atoms with Crippen LogP contribution in [0.5, 0.6) is 23.0 Å². The van der Waals surface area contributed by atoms with Gasteiger partial charge in [0, 0.05) is 0 Å². The fourth-order valence-corrected chi connectivity index (χ4v) is 3.53. The number of aromatic hydroxyl groups is 2. The van der Waals surface area contributed by atoms with Gasteiger partial charge in [-0.1, -0.05) is 0 Å². The van der Waals surface area contributed by atoms with Gasteiger partial charge in [-0.3, -0.25) is 0 Å². The lowest BCUT2D eigenvalue weighted by Crippen LogP contribution is -2.00. The second-order valence-corrected chi connectivity index (χ2v) is 9.68. The van der Waals surface area contributed by atoms with Crippen molar-refractivity contribution in [2.24, 2.45) is 0 Å². The van der Waals surface area contributed by atoms with Crippen LogP contribution in [-0.2, 0) is 12.2 Å². The van der Waals surface area contributed by atoms with Gasteiger partial charge in [0.15, 0.2) is 11.5 Å². The van der Waals surface area contributed by atoms with Crippen LogP contribution in [-0.4, -0.2) is 10.2 Å². The molecular formula is C14H15O4PS2. The Morgan fingerprint density at radius 3 is 1.62 bits per heavy atom. The summed E-state index contributed by atoms with van der Waals surface area (Å²) < 4.78 is 11.2. The summed E-state index contributed by atoms with van der Waals surface area (Å²) in [4.78, 5) is 0. The molecule has 0 radical (unpaired) electrons. The first-order valence-electron chi connectivity index (χ1n) is 6.08. The van der Waals surface area contributed by atoms with E-state index in [2.05, 4.69) is 12.2 Å². The molecule has 0 saturated carbocycles. The molecule has 0 aliphatic carbocycles. The Balaban J connectivity index is 2.13. The molecule has 0 aromatic heterocycles. The van der Waals surface area contributed by atoms with E-state index in [0.29, 0.717) is 22.6 Å². The summed E-state index contributed by atoms with van der Waals surface area (Å²) in [6.07, 6.45) is -2.84. The molecule has 4 nitrogen and oxygen atoms in total. The smallest absolute Gasteiger partial charge is 0.307 e. The molecule has 2 aromatic rings. The van der Waals surface area contributed by atoms with Gasteiger partial charge in [-0.2, -0.15) is 0 Å². The monoisotopic (exact) mass is 342 g/mol. The van der Waals surface area contributed by atoms with E-state index in [1.807, 2.05) is 0 Å². The van der Waals surface area contributed by atoms with Crippen LogP contribution in [0.3, 0.4) is 0 Å². The van der Waals surface area contributed by atoms with Crippen LogP contribution in [0, 0.1) is 13.8 Å². The molecule has 0 amide bonds. The van der Waals surface area contributed by atoms with Crippen LogP contribution in [0.4, 0.5) is 0 Å². The van der Waals surface area contributed by atoms with Crippen molar-refractivity contribution in [2.75, 3.05) is 0 Å². The predicted octanol–water partition coefficient (Wildman–Crippen LogP) is 4.33. The second kappa shape index (κ2) is 6.26. The fraction of sp³-hybridized carbons (Fsp3) is 0.143. The van der Waals surface area contributed by atoms with Crippen molar-refractivity contribution in [3.63, 3.8) is 0 Å². The van der Waals surface area contributed by atoms with Crippen LogP contribution in [0.15, 0.2) is 36.4 Å².